The van der Waals surface area contributed by atoms with Gasteiger partial charge >= 0.3 is 0 Å². The number of hydrazine groups is 1. The third-order valence-corrected chi connectivity index (χ3v) is 2.98. The van der Waals surface area contributed by atoms with Crippen molar-refractivity contribution in [1.29, 1.82) is 0 Å². The Kier molecular flexibility index (Phi) is 2.26. The molecule has 0 aliphatic heterocycles. The van der Waals surface area contributed by atoms with Crippen LogP contribution in [0, 0.1) is 13.8 Å². The van der Waals surface area contributed by atoms with Crippen molar-refractivity contribution in [1.82, 2.24) is 4.98 Å². The number of hydrogen-bond donors (Lipinski definition) is 2. The van der Waals surface area contributed by atoms with Gasteiger partial charge in [-0.05, 0) is 26.0 Å². The molecule has 2 rings (SSSR count). The molecule has 0 unspecified atom stereocenters. The van der Waals surface area contributed by atoms with Crippen LogP contribution in [0.2, 0.25) is 0 Å². The molecular formula is C9H11N3OS. The van der Waals surface area contributed by atoms with E-state index in [2.05, 4.69) is 10.4 Å². The first kappa shape index (κ1) is 9.23. The zero-order chi connectivity index (χ0) is 10.1. The number of hydrogen-bond acceptors (Lipinski definition) is 5. The molecule has 0 saturated heterocycles. The summed E-state index contributed by atoms with van der Waals surface area (Å²) >= 11 is 1.48. The summed E-state index contributed by atoms with van der Waals surface area (Å²) in [5.41, 5.74) is 3.50. The SMILES string of the molecule is Cc1ccc(-c2nc(C)c(NN)s2)o1. The fourth-order valence-corrected chi connectivity index (χ4v) is 2.02. The van der Waals surface area contributed by atoms with Crippen LogP contribution in [0.25, 0.3) is 10.8 Å². The minimum Gasteiger partial charge on any atom is -0.459 e. The number of thiazole rings is 1. The van der Waals surface area contributed by atoms with Crippen molar-refractivity contribution in [3.8, 4) is 10.8 Å². The maximum Gasteiger partial charge on any atom is 0.162 e. The molecule has 74 valence electrons. The van der Waals surface area contributed by atoms with Crippen molar-refractivity contribution in [2.24, 2.45) is 5.84 Å². The summed E-state index contributed by atoms with van der Waals surface area (Å²) in [5, 5.41) is 1.72. The largest absolute Gasteiger partial charge is 0.459 e. The van der Waals surface area contributed by atoms with Gasteiger partial charge in [0.25, 0.3) is 0 Å². The highest BCUT2D eigenvalue weighted by Crippen LogP contribution is 2.31. The second-order valence-corrected chi connectivity index (χ2v) is 3.99. The van der Waals surface area contributed by atoms with Crippen LogP contribution in [0.4, 0.5) is 5.00 Å². The summed E-state index contributed by atoms with van der Waals surface area (Å²) < 4.78 is 5.46. The van der Waals surface area contributed by atoms with E-state index in [-0.39, 0.29) is 0 Å². The molecule has 2 aromatic rings. The summed E-state index contributed by atoms with van der Waals surface area (Å²) in [6.45, 7) is 3.82. The van der Waals surface area contributed by atoms with Crippen LogP contribution in [-0.2, 0) is 0 Å². The Morgan fingerprint density at radius 2 is 2.21 bits per heavy atom. The quantitative estimate of drug-likeness (QED) is 0.588. The van der Waals surface area contributed by atoms with Crippen molar-refractivity contribution >= 4 is 16.3 Å². The molecule has 0 bridgehead atoms. The molecule has 0 atom stereocenters. The molecule has 14 heavy (non-hydrogen) atoms. The van der Waals surface area contributed by atoms with Gasteiger partial charge < -0.3 is 9.84 Å². The van der Waals surface area contributed by atoms with E-state index >= 15 is 0 Å². The molecular weight excluding hydrogens is 198 g/mol. The molecule has 5 heteroatoms. The van der Waals surface area contributed by atoms with Gasteiger partial charge in [-0.1, -0.05) is 11.3 Å². The fraction of sp³-hybridized carbons (Fsp3) is 0.222. The number of nitrogens with one attached hydrogen (secondary N) is 1. The van der Waals surface area contributed by atoms with Crippen LogP contribution in [0.15, 0.2) is 16.5 Å². The van der Waals surface area contributed by atoms with Gasteiger partial charge in [-0.3, -0.25) is 0 Å². The first-order chi connectivity index (χ1) is 6.70. The molecule has 0 aliphatic rings. The fourth-order valence-electron chi connectivity index (χ4n) is 1.19. The van der Waals surface area contributed by atoms with E-state index in [0.717, 1.165) is 27.2 Å². The van der Waals surface area contributed by atoms with E-state index in [0.29, 0.717) is 0 Å². The number of furan rings is 1. The number of aromatic nitrogens is 1. The van der Waals surface area contributed by atoms with Gasteiger partial charge in [0.15, 0.2) is 10.8 Å². The zero-order valence-corrected chi connectivity index (χ0v) is 8.81. The van der Waals surface area contributed by atoms with Crippen LogP contribution in [0.1, 0.15) is 11.5 Å². The van der Waals surface area contributed by atoms with Gasteiger partial charge in [-0.15, -0.1) is 0 Å². The van der Waals surface area contributed by atoms with Crippen LogP contribution >= 0.6 is 11.3 Å². The average molecular weight is 209 g/mol. The van der Waals surface area contributed by atoms with Crippen LogP contribution in [0.5, 0.6) is 0 Å². The van der Waals surface area contributed by atoms with E-state index in [9.17, 15) is 0 Å². The van der Waals surface area contributed by atoms with Gasteiger partial charge in [0.05, 0.1) is 5.69 Å². The second kappa shape index (κ2) is 3.43. The Bertz CT molecular complexity index is 447. The molecule has 2 aromatic heterocycles. The molecule has 0 aliphatic carbocycles. The van der Waals surface area contributed by atoms with Crippen molar-refractivity contribution < 1.29 is 4.42 Å². The molecule has 0 fully saturated rings. The lowest BCUT2D eigenvalue weighted by Gasteiger charge is -1.90. The molecule has 0 saturated carbocycles. The Labute approximate surface area is 85.7 Å². The highest BCUT2D eigenvalue weighted by molar-refractivity contribution is 7.19. The minimum absolute atomic E-state index is 0.789. The standard InChI is InChI=1S/C9H11N3OS/c1-5-3-4-7(13-5)9-11-6(2)8(12-10)14-9/h3-4,12H,10H2,1-2H3. The average Bonchev–Trinajstić information content (AvgIpc) is 2.71. The zero-order valence-electron chi connectivity index (χ0n) is 8.00. The maximum absolute atomic E-state index is 5.46. The number of rotatable bonds is 2. The van der Waals surface area contributed by atoms with E-state index in [4.69, 9.17) is 10.3 Å². The topological polar surface area (TPSA) is 64.1 Å². The smallest absolute Gasteiger partial charge is 0.162 e. The van der Waals surface area contributed by atoms with E-state index in [1.54, 1.807) is 0 Å². The molecule has 0 spiro atoms. The Balaban J connectivity index is 2.42. The number of anilines is 1. The minimum atomic E-state index is 0.789. The molecule has 3 N–H and O–H groups in total. The highest BCUT2D eigenvalue weighted by Gasteiger charge is 2.10. The maximum atomic E-state index is 5.46. The third-order valence-electron chi connectivity index (χ3n) is 1.88. The van der Waals surface area contributed by atoms with Crippen LogP contribution in [-0.4, -0.2) is 4.98 Å². The summed E-state index contributed by atoms with van der Waals surface area (Å²) in [6, 6.07) is 3.83. The first-order valence-corrected chi connectivity index (χ1v) is 5.03. The van der Waals surface area contributed by atoms with E-state index in [1.165, 1.54) is 11.3 Å². The van der Waals surface area contributed by atoms with Crippen molar-refractivity contribution in [2.45, 2.75) is 13.8 Å². The molecule has 4 nitrogen and oxygen atoms in total. The molecule has 0 amide bonds. The summed E-state index contributed by atoms with van der Waals surface area (Å²) in [6.07, 6.45) is 0. The Morgan fingerprint density at radius 3 is 2.71 bits per heavy atom. The molecule has 0 radical (unpaired) electrons. The predicted molar refractivity (Wildman–Crippen MR) is 57.1 cm³/mol. The number of nitrogens with two attached hydrogens (primary N) is 1. The lowest BCUT2D eigenvalue weighted by Crippen LogP contribution is -2.05. The molecule has 2 heterocycles. The van der Waals surface area contributed by atoms with E-state index in [1.807, 2.05) is 26.0 Å². The van der Waals surface area contributed by atoms with Crippen LogP contribution in [0.3, 0.4) is 0 Å². The Morgan fingerprint density at radius 1 is 1.43 bits per heavy atom. The van der Waals surface area contributed by atoms with Gasteiger partial charge in [-0.25, -0.2) is 10.8 Å². The first-order valence-electron chi connectivity index (χ1n) is 4.21. The monoisotopic (exact) mass is 209 g/mol. The summed E-state index contributed by atoms with van der Waals surface area (Å²) in [5.74, 6) is 7.01. The second-order valence-electron chi connectivity index (χ2n) is 2.99. The van der Waals surface area contributed by atoms with Crippen molar-refractivity contribution in [3.05, 3.63) is 23.6 Å². The Hall–Kier alpha value is -1.33. The number of nitrogen functional groups attached to an aromatic ring is 1. The van der Waals surface area contributed by atoms with Crippen molar-refractivity contribution in [2.75, 3.05) is 5.43 Å². The lowest BCUT2D eigenvalue weighted by atomic mass is 10.4. The van der Waals surface area contributed by atoms with Crippen molar-refractivity contribution in [3.63, 3.8) is 0 Å². The summed E-state index contributed by atoms with van der Waals surface area (Å²) in [7, 11) is 0. The summed E-state index contributed by atoms with van der Waals surface area (Å²) in [4.78, 5) is 4.35. The van der Waals surface area contributed by atoms with Crippen LogP contribution < -0.4 is 11.3 Å². The van der Waals surface area contributed by atoms with E-state index < -0.39 is 0 Å². The molecule has 0 aromatic carbocycles. The lowest BCUT2D eigenvalue weighted by molar-refractivity contribution is 0.548. The van der Waals surface area contributed by atoms with Gasteiger partial charge in [0.2, 0.25) is 0 Å². The predicted octanol–water partition coefficient (Wildman–Crippen LogP) is 2.31. The third kappa shape index (κ3) is 1.51. The normalized spacial score (nSPS) is 10.5. The number of aryl methyl sites for hydroxylation is 2. The number of nitrogens with zero attached hydrogens (tertiary/aromatic N) is 1. The highest BCUT2D eigenvalue weighted by atomic mass is 32.1. The van der Waals surface area contributed by atoms with Gasteiger partial charge in [0.1, 0.15) is 10.8 Å². The van der Waals surface area contributed by atoms with Gasteiger partial charge in [0, 0.05) is 0 Å². The van der Waals surface area contributed by atoms with Gasteiger partial charge in [-0.2, -0.15) is 0 Å².